The van der Waals surface area contributed by atoms with E-state index in [0.717, 1.165) is 4.47 Å². The molecule has 0 saturated heterocycles. The molecule has 0 unspecified atom stereocenters. The molecule has 11 heavy (non-hydrogen) atoms. The van der Waals surface area contributed by atoms with Gasteiger partial charge in [0.2, 0.25) is 0 Å². The maximum atomic E-state index is 8.30. The van der Waals surface area contributed by atoms with E-state index in [1.165, 1.54) is 6.20 Å². The Bertz CT molecular complexity index is 287. The molecule has 1 aromatic rings. The molecule has 0 aliphatic carbocycles. The van der Waals surface area contributed by atoms with E-state index >= 15 is 0 Å². The summed E-state index contributed by atoms with van der Waals surface area (Å²) in [4.78, 5) is 3.83. The van der Waals surface area contributed by atoms with Gasteiger partial charge in [-0.1, -0.05) is 5.16 Å². The van der Waals surface area contributed by atoms with Crippen LogP contribution in [0.3, 0.4) is 0 Å². The van der Waals surface area contributed by atoms with Gasteiger partial charge in [0.1, 0.15) is 0 Å². The molecule has 1 rings (SSSR count). The lowest BCUT2D eigenvalue weighted by Crippen LogP contribution is -2.13. The van der Waals surface area contributed by atoms with Crippen molar-refractivity contribution in [3.63, 3.8) is 0 Å². The van der Waals surface area contributed by atoms with Gasteiger partial charge in [-0.15, -0.1) is 0 Å². The molecule has 0 fully saturated rings. The topological polar surface area (TPSA) is 71.5 Å². The average Bonchev–Trinajstić information content (AvgIpc) is 2.03. The molecule has 5 heteroatoms. The molecule has 3 N–H and O–H groups in total. The lowest BCUT2D eigenvalue weighted by molar-refractivity contribution is 0.318. The van der Waals surface area contributed by atoms with E-state index in [-0.39, 0.29) is 5.84 Å². The van der Waals surface area contributed by atoms with Crippen LogP contribution in [0.2, 0.25) is 0 Å². The molecule has 0 amide bonds. The molecular weight excluding hydrogens is 210 g/mol. The third-order valence-electron chi connectivity index (χ3n) is 1.11. The van der Waals surface area contributed by atoms with E-state index in [1.807, 2.05) is 0 Å². The summed E-state index contributed by atoms with van der Waals surface area (Å²) >= 11 is 3.20. The molecule has 0 aliphatic rings. The summed E-state index contributed by atoms with van der Waals surface area (Å²) in [6, 6.07) is 1.71. The Morgan fingerprint density at radius 2 is 2.36 bits per heavy atom. The molecule has 1 aromatic heterocycles. The van der Waals surface area contributed by atoms with Crippen LogP contribution in [0.5, 0.6) is 0 Å². The fraction of sp³-hybridized carbons (Fsp3) is 0. The molecule has 4 nitrogen and oxygen atoms in total. The number of nitrogens with two attached hydrogens (primary N) is 1. The molecule has 0 radical (unpaired) electrons. The Hall–Kier alpha value is -1.10. The van der Waals surface area contributed by atoms with Gasteiger partial charge in [-0.25, -0.2) is 0 Å². The molecular formula is C6H6BrN3O. The molecule has 0 spiro atoms. The van der Waals surface area contributed by atoms with Gasteiger partial charge in [0.05, 0.1) is 0 Å². The summed E-state index contributed by atoms with van der Waals surface area (Å²) in [6.45, 7) is 0. The summed E-state index contributed by atoms with van der Waals surface area (Å²) in [5.41, 5.74) is 5.89. The lowest BCUT2D eigenvalue weighted by Gasteiger charge is -1.96. The Kier molecular flexibility index (Phi) is 2.43. The van der Waals surface area contributed by atoms with Gasteiger partial charge >= 0.3 is 0 Å². The minimum atomic E-state index is 0.0544. The molecule has 58 valence electrons. The second kappa shape index (κ2) is 3.34. The number of pyridine rings is 1. The summed E-state index contributed by atoms with van der Waals surface area (Å²) in [6.07, 6.45) is 3.13. The van der Waals surface area contributed by atoms with Crippen molar-refractivity contribution in [3.05, 3.63) is 28.5 Å². The molecule has 0 aromatic carbocycles. The van der Waals surface area contributed by atoms with Crippen LogP contribution in [0, 0.1) is 0 Å². The van der Waals surface area contributed by atoms with Gasteiger partial charge in [0.25, 0.3) is 0 Å². The van der Waals surface area contributed by atoms with Crippen molar-refractivity contribution in [1.82, 2.24) is 4.98 Å². The Balaban J connectivity index is 3.06. The molecule has 0 bridgehead atoms. The largest absolute Gasteiger partial charge is 0.409 e. The van der Waals surface area contributed by atoms with Crippen LogP contribution in [0.15, 0.2) is 28.1 Å². The predicted octanol–water partition coefficient (Wildman–Crippen LogP) is 0.939. The van der Waals surface area contributed by atoms with Crippen LogP contribution >= 0.6 is 15.9 Å². The zero-order valence-corrected chi connectivity index (χ0v) is 7.12. The van der Waals surface area contributed by atoms with Crippen molar-refractivity contribution in [2.24, 2.45) is 10.9 Å². The summed E-state index contributed by atoms with van der Waals surface area (Å²) in [5, 5.41) is 11.1. The lowest BCUT2D eigenvalue weighted by atomic mass is 10.3. The average molecular weight is 216 g/mol. The number of oxime groups is 1. The number of halogens is 1. The van der Waals surface area contributed by atoms with E-state index < -0.39 is 0 Å². The minimum absolute atomic E-state index is 0.0544. The minimum Gasteiger partial charge on any atom is -0.409 e. The highest BCUT2D eigenvalue weighted by Crippen LogP contribution is 2.08. The smallest absolute Gasteiger partial charge is 0.171 e. The van der Waals surface area contributed by atoms with Gasteiger partial charge in [0, 0.05) is 22.4 Å². The van der Waals surface area contributed by atoms with Crippen molar-refractivity contribution in [2.45, 2.75) is 0 Å². The van der Waals surface area contributed by atoms with Gasteiger partial charge < -0.3 is 10.9 Å². The van der Waals surface area contributed by atoms with Gasteiger partial charge in [-0.05, 0) is 22.0 Å². The summed E-state index contributed by atoms with van der Waals surface area (Å²) in [5.74, 6) is 0.0544. The first-order chi connectivity index (χ1) is 5.24. The highest BCUT2D eigenvalue weighted by Gasteiger charge is 1.98. The van der Waals surface area contributed by atoms with E-state index in [0.29, 0.717) is 5.56 Å². The Morgan fingerprint density at radius 3 is 2.91 bits per heavy atom. The van der Waals surface area contributed by atoms with Crippen LogP contribution in [0.1, 0.15) is 5.56 Å². The van der Waals surface area contributed by atoms with Gasteiger partial charge in [-0.3, -0.25) is 4.98 Å². The van der Waals surface area contributed by atoms with E-state index in [9.17, 15) is 0 Å². The highest BCUT2D eigenvalue weighted by atomic mass is 79.9. The van der Waals surface area contributed by atoms with Crippen molar-refractivity contribution >= 4 is 21.8 Å². The molecule has 1 heterocycles. The van der Waals surface area contributed by atoms with E-state index in [1.54, 1.807) is 12.3 Å². The molecule has 0 atom stereocenters. The normalized spacial score (nSPS) is 11.5. The van der Waals surface area contributed by atoms with Gasteiger partial charge in [-0.2, -0.15) is 0 Å². The maximum Gasteiger partial charge on any atom is 0.171 e. The van der Waals surface area contributed by atoms with Crippen LogP contribution in [-0.2, 0) is 0 Å². The highest BCUT2D eigenvalue weighted by molar-refractivity contribution is 9.10. The Labute approximate surface area is 71.9 Å². The number of aromatic nitrogens is 1. The third kappa shape index (κ3) is 1.91. The Morgan fingerprint density at radius 1 is 1.64 bits per heavy atom. The quantitative estimate of drug-likeness (QED) is 0.317. The third-order valence-corrected chi connectivity index (χ3v) is 1.54. The predicted molar refractivity (Wildman–Crippen MR) is 44.4 cm³/mol. The van der Waals surface area contributed by atoms with Crippen LogP contribution in [0.4, 0.5) is 0 Å². The van der Waals surface area contributed by atoms with Gasteiger partial charge in [0.15, 0.2) is 5.84 Å². The number of hydrogen-bond donors (Lipinski definition) is 2. The fourth-order valence-corrected chi connectivity index (χ4v) is 0.975. The molecule has 0 saturated carbocycles. The first-order valence-corrected chi connectivity index (χ1v) is 3.62. The monoisotopic (exact) mass is 215 g/mol. The standard InChI is InChI=1S/C6H6BrN3O/c7-5-1-4(2-9-3-5)6(8)10-11/h1-3,11H,(H2,8,10). The maximum absolute atomic E-state index is 8.30. The second-order valence-corrected chi connectivity index (χ2v) is 2.79. The summed E-state index contributed by atoms with van der Waals surface area (Å²) in [7, 11) is 0. The zero-order chi connectivity index (χ0) is 8.27. The second-order valence-electron chi connectivity index (χ2n) is 1.88. The van der Waals surface area contributed by atoms with Crippen LogP contribution in [-0.4, -0.2) is 16.0 Å². The van der Waals surface area contributed by atoms with Crippen molar-refractivity contribution in [1.29, 1.82) is 0 Å². The number of amidine groups is 1. The van der Waals surface area contributed by atoms with E-state index in [2.05, 4.69) is 26.1 Å². The zero-order valence-electron chi connectivity index (χ0n) is 5.53. The molecule has 0 aliphatic heterocycles. The fourth-order valence-electron chi connectivity index (χ4n) is 0.610. The summed E-state index contributed by atoms with van der Waals surface area (Å²) < 4.78 is 0.793. The SMILES string of the molecule is N/C(=N/O)c1cncc(Br)c1. The van der Waals surface area contributed by atoms with Crippen LogP contribution < -0.4 is 5.73 Å². The van der Waals surface area contributed by atoms with E-state index in [4.69, 9.17) is 10.9 Å². The van der Waals surface area contributed by atoms with Crippen molar-refractivity contribution < 1.29 is 5.21 Å². The van der Waals surface area contributed by atoms with Crippen LogP contribution in [0.25, 0.3) is 0 Å². The van der Waals surface area contributed by atoms with Crippen molar-refractivity contribution in [2.75, 3.05) is 0 Å². The van der Waals surface area contributed by atoms with Crippen molar-refractivity contribution in [3.8, 4) is 0 Å². The number of hydrogen-bond acceptors (Lipinski definition) is 3. The number of nitrogens with zero attached hydrogens (tertiary/aromatic N) is 2. The first-order valence-electron chi connectivity index (χ1n) is 2.82. The first kappa shape index (κ1) is 8.00. The number of rotatable bonds is 1.